The van der Waals surface area contributed by atoms with Gasteiger partial charge in [-0.25, -0.2) is 0 Å². The van der Waals surface area contributed by atoms with Crippen molar-refractivity contribution in [3.05, 3.63) is 0 Å². The number of hydrogen-bond acceptors (Lipinski definition) is 9. The van der Waals surface area contributed by atoms with Crippen LogP contribution < -0.4 is 0 Å². The summed E-state index contributed by atoms with van der Waals surface area (Å²) in [6.45, 7) is 23.1. The van der Waals surface area contributed by atoms with Crippen LogP contribution in [0.5, 0.6) is 0 Å². The molecule has 0 aromatic carbocycles. The summed E-state index contributed by atoms with van der Waals surface area (Å²) in [4.78, 5) is 0. The normalized spacial score (nSPS) is 13.0. The van der Waals surface area contributed by atoms with Crippen LogP contribution in [-0.4, -0.2) is 118 Å². The van der Waals surface area contributed by atoms with Crippen molar-refractivity contribution in [3.8, 4) is 0 Å². The Hall–Kier alpha value is 0.291. The Balaban J connectivity index is 3.50. The first-order chi connectivity index (χ1) is 16.5. The third kappa shape index (κ3) is 27.1. The minimum atomic E-state index is -2.17. The lowest BCUT2D eigenvalue weighted by Gasteiger charge is -2.38. The fraction of sp³-hybridized carbons (Fsp3) is 1.00. The first-order valence-electron chi connectivity index (χ1n) is 12.8. The summed E-state index contributed by atoms with van der Waals surface area (Å²) in [5.74, 6) is 0. The summed E-state index contributed by atoms with van der Waals surface area (Å²) < 4.78 is 50.9. The van der Waals surface area contributed by atoms with Crippen molar-refractivity contribution in [2.24, 2.45) is 0 Å². The molecule has 0 aliphatic heterocycles. The molecule has 35 heavy (non-hydrogen) atoms. The van der Waals surface area contributed by atoms with E-state index in [1.165, 1.54) is 0 Å². The average Bonchev–Trinajstić information content (AvgIpc) is 2.72. The minimum Gasteiger partial charge on any atom is -0.437 e. The highest BCUT2D eigenvalue weighted by atomic mass is 28.5. The molecule has 0 aromatic heterocycles. The highest BCUT2D eigenvalue weighted by molar-refractivity contribution is 6.87. The van der Waals surface area contributed by atoms with E-state index in [1.54, 1.807) is 7.11 Å². The topological polar surface area (TPSA) is 83.1 Å². The van der Waals surface area contributed by atoms with Gasteiger partial charge in [-0.05, 0) is 58.3 Å². The number of ether oxygens (including phenoxy) is 7. The Bertz CT molecular complexity index is 458. The largest absolute Gasteiger partial charge is 0.437 e. The van der Waals surface area contributed by atoms with Crippen LogP contribution in [0.4, 0.5) is 0 Å². The molecule has 0 aromatic rings. The Labute approximate surface area is 217 Å². The second-order valence-electron chi connectivity index (χ2n) is 10.3. The second-order valence-corrected chi connectivity index (χ2v) is 23.2. The van der Waals surface area contributed by atoms with Crippen LogP contribution >= 0.6 is 0 Å². The number of rotatable bonds is 26. The molecule has 0 atom stereocenters. The second kappa shape index (κ2) is 21.2. The van der Waals surface area contributed by atoms with E-state index in [4.69, 9.17) is 41.4 Å². The molecule has 0 N–H and O–H groups in total. The Morgan fingerprint density at radius 1 is 0.400 bits per heavy atom. The van der Waals surface area contributed by atoms with E-state index in [9.17, 15) is 0 Å². The van der Waals surface area contributed by atoms with E-state index >= 15 is 0 Å². The van der Waals surface area contributed by atoms with Crippen molar-refractivity contribution in [2.45, 2.75) is 58.3 Å². The smallest absolute Gasteiger partial charge is 0.314 e. The highest BCUT2D eigenvalue weighted by Crippen LogP contribution is 2.25. The number of methoxy groups -OCH3 is 1. The molecule has 0 radical (unpaired) electrons. The molecule has 0 rings (SSSR count). The first-order valence-corrected chi connectivity index (χ1v) is 22.2. The molecule has 0 aliphatic carbocycles. The summed E-state index contributed by atoms with van der Waals surface area (Å²) in [5.41, 5.74) is 0. The van der Waals surface area contributed by atoms with Crippen LogP contribution in [0.25, 0.3) is 0 Å². The lowest BCUT2D eigenvalue weighted by molar-refractivity contribution is -0.0190. The maximum atomic E-state index is 6.52. The summed E-state index contributed by atoms with van der Waals surface area (Å²) in [7, 11) is -3.80. The quantitative estimate of drug-likeness (QED) is 0.116. The van der Waals surface area contributed by atoms with E-state index in [1.807, 2.05) is 0 Å². The molecule has 0 spiro atoms. The van der Waals surface area contributed by atoms with Crippen LogP contribution in [0.3, 0.4) is 0 Å². The third-order valence-electron chi connectivity index (χ3n) is 4.26. The van der Waals surface area contributed by atoms with Gasteiger partial charge in [-0.3, -0.25) is 0 Å². The summed E-state index contributed by atoms with van der Waals surface area (Å²) in [6.07, 6.45) is 0.952. The molecule has 212 valence electrons. The fourth-order valence-electron chi connectivity index (χ4n) is 3.26. The van der Waals surface area contributed by atoms with Gasteiger partial charge in [0.25, 0.3) is 0 Å². The zero-order chi connectivity index (χ0) is 26.5. The molecule has 0 bridgehead atoms. The summed E-state index contributed by atoms with van der Waals surface area (Å²) in [5, 5.41) is 0. The van der Waals surface area contributed by atoms with Gasteiger partial charge in [-0.15, -0.1) is 0 Å². The lowest BCUT2D eigenvalue weighted by atomic mass is 10.5. The third-order valence-corrected chi connectivity index (χ3v) is 13.9. The van der Waals surface area contributed by atoms with E-state index < -0.39 is 25.2 Å². The van der Waals surface area contributed by atoms with Crippen molar-refractivity contribution in [3.63, 3.8) is 0 Å². The summed E-state index contributed by atoms with van der Waals surface area (Å²) in [6, 6.07) is 0.966. The standard InChI is InChI=1S/C23H54O9Si3/c1-24-11-12-26-15-16-28-19-20-30-22-21-29-18-17-27-14-13-25-10-9-23-35(8,31-33(2,3)4)32-34(5,6)7/h9-23H2,1-8H3. The zero-order valence-corrected chi connectivity index (χ0v) is 26.8. The fourth-order valence-corrected chi connectivity index (χ4v) is 15.8. The van der Waals surface area contributed by atoms with Crippen LogP contribution in [0.1, 0.15) is 6.42 Å². The molecule has 0 saturated heterocycles. The van der Waals surface area contributed by atoms with Crippen LogP contribution in [-0.2, 0) is 41.4 Å². The minimum absolute atomic E-state index is 0.543. The van der Waals surface area contributed by atoms with Gasteiger partial charge in [-0.1, -0.05) is 0 Å². The molecule has 0 aliphatic rings. The van der Waals surface area contributed by atoms with Crippen molar-refractivity contribution < 1.29 is 41.4 Å². The van der Waals surface area contributed by atoms with Crippen LogP contribution in [0.15, 0.2) is 0 Å². The Morgan fingerprint density at radius 3 is 0.971 bits per heavy atom. The van der Waals surface area contributed by atoms with Crippen LogP contribution in [0.2, 0.25) is 51.9 Å². The Kier molecular flexibility index (Phi) is 21.4. The van der Waals surface area contributed by atoms with E-state index in [2.05, 4.69) is 45.8 Å². The van der Waals surface area contributed by atoms with Gasteiger partial charge < -0.3 is 41.4 Å². The predicted octanol–water partition coefficient (Wildman–Crippen LogP) is 3.90. The van der Waals surface area contributed by atoms with Crippen LogP contribution in [0, 0.1) is 0 Å². The number of hydrogen-bond donors (Lipinski definition) is 0. The molecule has 0 fully saturated rings. The predicted molar refractivity (Wildman–Crippen MR) is 147 cm³/mol. The molecular weight excluding hydrogens is 505 g/mol. The average molecular weight is 559 g/mol. The molecule has 9 nitrogen and oxygen atoms in total. The SMILES string of the molecule is COCCOCCOCCOCCOCCOCCOCCC[Si](C)(O[Si](C)(C)C)O[Si](C)(C)C. The molecule has 12 heteroatoms. The monoisotopic (exact) mass is 558 g/mol. The highest BCUT2D eigenvalue weighted by Gasteiger charge is 2.39. The molecular formula is C23H54O9Si3. The molecule has 0 saturated carbocycles. The van der Waals surface area contributed by atoms with Crippen molar-refractivity contribution in [1.82, 2.24) is 0 Å². The van der Waals surface area contributed by atoms with Gasteiger partial charge in [0.2, 0.25) is 0 Å². The van der Waals surface area contributed by atoms with Crippen molar-refractivity contribution in [1.29, 1.82) is 0 Å². The van der Waals surface area contributed by atoms with Gasteiger partial charge in [-0.2, -0.15) is 0 Å². The molecule has 0 heterocycles. The zero-order valence-electron chi connectivity index (χ0n) is 23.8. The summed E-state index contributed by atoms with van der Waals surface area (Å²) >= 11 is 0. The Morgan fingerprint density at radius 2 is 0.686 bits per heavy atom. The van der Waals surface area contributed by atoms with Crippen molar-refractivity contribution in [2.75, 3.05) is 93.0 Å². The van der Waals surface area contributed by atoms with E-state index in [-0.39, 0.29) is 0 Å². The van der Waals surface area contributed by atoms with E-state index in [0.29, 0.717) is 85.9 Å². The van der Waals surface area contributed by atoms with Gasteiger partial charge in [0.1, 0.15) is 0 Å². The first kappa shape index (κ1) is 35.3. The maximum absolute atomic E-state index is 6.52. The maximum Gasteiger partial charge on any atom is 0.314 e. The molecule has 0 amide bonds. The molecule has 0 unspecified atom stereocenters. The van der Waals surface area contributed by atoms with Gasteiger partial charge in [0, 0.05) is 13.7 Å². The van der Waals surface area contributed by atoms with Gasteiger partial charge >= 0.3 is 8.56 Å². The van der Waals surface area contributed by atoms with Crippen molar-refractivity contribution >= 4 is 25.2 Å². The van der Waals surface area contributed by atoms with E-state index in [0.717, 1.165) is 12.5 Å². The van der Waals surface area contributed by atoms with Gasteiger partial charge in [0.05, 0.1) is 79.3 Å². The lowest BCUT2D eigenvalue weighted by Crippen LogP contribution is -2.52. The van der Waals surface area contributed by atoms with Gasteiger partial charge in [0.15, 0.2) is 16.6 Å².